The predicted octanol–water partition coefficient (Wildman–Crippen LogP) is 1.46. The molecule has 0 aromatic heterocycles. The van der Waals surface area contributed by atoms with E-state index in [1.807, 2.05) is 19.9 Å². The Morgan fingerprint density at radius 2 is 2.11 bits per heavy atom. The average molecular weight is 266 g/mol. The second kappa shape index (κ2) is 6.43. The number of sulfonamides is 1. The smallest absolute Gasteiger partial charge is 0.232 e. The number of nitrogens with one attached hydrogen (secondary N) is 1. The monoisotopic (exact) mass is 266 g/mol. The van der Waals surface area contributed by atoms with Crippen molar-refractivity contribution in [3.63, 3.8) is 0 Å². The van der Waals surface area contributed by atoms with Gasteiger partial charge >= 0.3 is 0 Å². The fraction of sp³-hybridized carbons (Fsp3) is 0.385. The van der Waals surface area contributed by atoms with Crippen LogP contribution >= 0.6 is 0 Å². The maximum atomic E-state index is 11.7. The first kappa shape index (κ1) is 14.6. The Morgan fingerprint density at radius 3 is 2.67 bits per heavy atom. The lowest BCUT2D eigenvalue weighted by molar-refractivity contribution is 0.600. The summed E-state index contributed by atoms with van der Waals surface area (Å²) in [6.45, 7) is 3.99. The van der Waals surface area contributed by atoms with Crippen LogP contribution in [-0.4, -0.2) is 20.7 Å². The van der Waals surface area contributed by atoms with E-state index in [9.17, 15) is 8.42 Å². The normalized spacial score (nSPS) is 10.6. The maximum absolute atomic E-state index is 11.7. The zero-order chi connectivity index (χ0) is 13.6. The van der Waals surface area contributed by atoms with Crippen LogP contribution in [0.1, 0.15) is 24.5 Å². The van der Waals surface area contributed by atoms with Crippen molar-refractivity contribution in [2.45, 2.75) is 20.3 Å². The molecule has 98 valence electrons. The van der Waals surface area contributed by atoms with Crippen LogP contribution in [0.4, 0.5) is 5.69 Å². The van der Waals surface area contributed by atoms with Crippen LogP contribution in [0.2, 0.25) is 0 Å². The van der Waals surface area contributed by atoms with Gasteiger partial charge in [-0.3, -0.25) is 4.72 Å². The van der Waals surface area contributed by atoms with Crippen LogP contribution in [0.3, 0.4) is 0 Å². The van der Waals surface area contributed by atoms with Gasteiger partial charge in [-0.15, -0.1) is 0 Å². The molecule has 0 aliphatic rings. The van der Waals surface area contributed by atoms with Gasteiger partial charge in [0, 0.05) is 5.56 Å². The Labute approximate surface area is 109 Å². The van der Waals surface area contributed by atoms with Crippen LogP contribution in [0.5, 0.6) is 0 Å². The van der Waals surface area contributed by atoms with Gasteiger partial charge in [-0.2, -0.15) is 0 Å². The molecular weight excluding hydrogens is 248 g/mol. The van der Waals surface area contributed by atoms with E-state index >= 15 is 0 Å². The molecular formula is C13H18N2O2S. The van der Waals surface area contributed by atoms with Crippen molar-refractivity contribution in [1.82, 2.24) is 0 Å². The fourth-order valence-electron chi connectivity index (χ4n) is 1.50. The average Bonchev–Trinajstić information content (AvgIpc) is 2.29. The van der Waals surface area contributed by atoms with Crippen LogP contribution < -0.4 is 10.5 Å². The van der Waals surface area contributed by atoms with Gasteiger partial charge in [0.05, 0.1) is 18.0 Å². The largest absolute Gasteiger partial charge is 0.320 e. The summed E-state index contributed by atoms with van der Waals surface area (Å²) < 4.78 is 25.9. The predicted molar refractivity (Wildman–Crippen MR) is 74.8 cm³/mol. The number of anilines is 1. The number of rotatable bonds is 4. The second-order valence-corrected chi connectivity index (χ2v) is 5.80. The minimum absolute atomic E-state index is 0.126. The van der Waals surface area contributed by atoms with Gasteiger partial charge in [-0.25, -0.2) is 8.42 Å². The summed E-state index contributed by atoms with van der Waals surface area (Å²) in [5.74, 6) is 5.79. The van der Waals surface area contributed by atoms with Crippen molar-refractivity contribution in [3.05, 3.63) is 29.3 Å². The minimum atomic E-state index is -3.24. The first-order chi connectivity index (χ1) is 8.48. The zero-order valence-corrected chi connectivity index (χ0v) is 11.5. The molecule has 0 radical (unpaired) electrons. The van der Waals surface area contributed by atoms with Crippen LogP contribution in [0.15, 0.2) is 18.2 Å². The summed E-state index contributed by atoms with van der Waals surface area (Å²) in [5, 5.41) is 0. The summed E-state index contributed by atoms with van der Waals surface area (Å²) in [4.78, 5) is 0. The summed E-state index contributed by atoms with van der Waals surface area (Å²) in [6, 6.07) is 5.34. The molecule has 0 aliphatic carbocycles. The van der Waals surface area contributed by atoms with E-state index in [-0.39, 0.29) is 5.75 Å². The Kier molecular flexibility index (Phi) is 5.20. The maximum Gasteiger partial charge on any atom is 0.232 e. The van der Waals surface area contributed by atoms with Crippen molar-refractivity contribution >= 4 is 15.7 Å². The minimum Gasteiger partial charge on any atom is -0.320 e. The Hall–Kier alpha value is -1.51. The lowest BCUT2D eigenvalue weighted by atomic mass is 10.1. The number of nitrogens with two attached hydrogens (primary N) is 1. The van der Waals surface area contributed by atoms with E-state index < -0.39 is 10.0 Å². The van der Waals surface area contributed by atoms with Crippen LogP contribution in [0.25, 0.3) is 0 Å². The summed E-state index contributed by atoms with van der Waals surface area (Å²) in [7, 11) is -3.24. The van der Waals surface area contributed by atoms with E-state index in [1.165, 1.54) is 0 Å². The summed E-state index contributed by atoms with van der Waals surface area (Å²) >= 11 is 0. The Bertz CT molecular complexity index is 568. The van der Waals surface area contributed by atoms with Crippen LogP contribution in [0, 0.1) is 18.8 Å². The lowest BCUT2D eigenvalue weighted by Crippen LogP contribution is -2.16. The topological polar surface area (TPSA) is 72.2 Å². The SMILES string of the molecule is CCCS(=O)(=O)Nc1ccc(C#CCN)cc1C. The molecule has 1 aromatic carbocycles. The highest BCUT2D eigenvalue weighted by Gasteiger charge is 2.10. The van der Waals surface area contributed by atoms with Crippen molar-refractivity contribution in [2.75, 3.05) is 17.0 Å². The molecule has 0 aliphatic heterocycles. The summed E-state index contributed by atoms with van der Waals surface area (Å²) in [6.07, 6.45) is 0.592. The van der Waals surface area contributed by atoms with E-state index in [4.69, 9.17) is 5.73 Å². The Morgan fingerprint density at radius 1 is 1.39 bits per heavy atom. The van der Waals surface area contributed by atoms with Gasteiger partial charge in [-0.05, 0) is 37.1 Å². The van der Waals surface area contributed by atoms with E-state index in [2.05, 4.69) is 16.6 Å². The van der Waals surface area contributed by atoms with Gasteiger partial charge in [0.2, 0.25) is 10.0 Å². The van der Waals surface area contributed by atoms with Crippen LogP contribution in [-0.2, 0) is 10.0 Å². The summed E-state index contributed by atoms with van der Waals surface area (Å²) in [5.41, 5.74) is 7.57. The van der Waals surface area contributed by atoms with E-state index in [0.29, 0.717) is 18.7 Å². The molecule has 0 heterocycles. The quantitative estimate of drug-likeness (QED) is 0.810. The lowest BCUT2D eigenvalue weighted by Gasteiger charge is -2.10. The molecule has 0 fully saturated rings. The standard InChI is InChI=1S/C13H18N2O2S/c1-3-9-18(16,17)15-13-7-6-12(5-4-8-14)10-11(13)2/h6-7,10,15H,3,8-9,14H2,1-2H3. The fourth-order valence-corrected chi connectivity index (χ4v) is 2.70. The van der Waals surface area contributed by atoms with E-state index in [1.54, 1.807) is 12.1 Å². The third kappa shape index (κ3) is 4.40. The molecule has 1 aromatic rings. The van der Waals surface area contributed by atoms with E-state index in [0.717, 1.165) is 11.1 Å². The third-order valence-electron chi connectivity index (χ3n) is 2.30. The second-order valence-electron chi connectivity index (χ2n) is 3.96. The first-order valence-electron chi connectivity index (χ1n) is 5.78. The molecule has 0 bridgehead atoms. The third-order valence-corrected chi connectivity index (χ3v) is 3.78. The highest BCUT2D eigenvalue weighted by Crippen LogP contribution is 2.17. The number of hydrogen-bond donors (Lipinski definition) is 2. The molecule has 0 saturated heterocycles. The highest BCUT2D eigenvalue weighted by molar-refractivity contribution is 7.92. The number of aryl methyl sites for hydroxylation is 1. The van der Waals surface area contributed by atoms with Crippen molar-refractivity contribution in [2.24, 2.45) is 5.73 Å². The molecule has 4 nitrogen and oxygen atoms in total. The molecule has 18 heavy (non-hydrogen) atoms. The highest BCUT2D eigenvalue weighted by atomic mass is 32.2. The molecule has 1 rings (SSSR count). The number of hydrogen-bond acceptors (Lipinski definition) is 3. The van der Waals surface area contributed by atoms with Gasteiger partial charge in [0.15, 0.2) is 0 Å². The molecule has 0 spiro atoms. The Balaban J connectivity index is 2.93. The molecule has 0 atom stereocenters. The van der Waals surface area contributed by atoms with Crippen molar-refractivity contribution < 1.29 is 8.42 Å². The van der Waals surface area contributed by atoms with Gasteiger partial charge < -0.3 is 5.73 Å². The van der Waals surface area contributed by atoms with Gasteiger partial charge in [0.1, 0.15) is 0 Å². The first-order valence-corrected chi connectivity index (χ1v) is 7.44. The molecule has 0 amide bonds. The molecule has 0 unspecified atom stereocenters. The molecule has 3 N–H and O–H groups in total. The van der Waals surface area contributed by atoms with Gasteiger partial charge in [-0.1, -0.05) is 18.8 Å². The molecule has 0 saturated carbocycles. The zero-order valence-electron chi connectivity index (χ0n) is 10.7. The van der Waals surface area contributed by atoms with Gasteiger partial charge in [0.25, 0.3) is 0 Å². The van der Waals surface area contributed by atoms with Crippen molar-refractivity contribution in [1.29, 1.82) is 0 Å². The number of benzene rings is 1. The molecule has 5 heteroatoms. The van der Waals surface area contributed by atoms with Crippen molar-refractivity contribution in [3.8, 4) is 11.8 Å².